The topological polar surface area (TPSA) is 36.6 Å². The molecule has 0 radical (unpaired) electrons. The van der Waals surface area contributed by atoms with E-state index in [1.165, 1.54) is 0 Å². The Kier molecular flexibility index (Phi) is 2.37. The Morgan fingerprint density at radius 1 is 1.57 bits per heavy atom. The number of likely N-dealkylation sites (N-methyl/N-ethyl adjacent to an activating group) is 1. The van der Waals surface area contributed by atoms with Crippen LogP contribution in [0.1, 0.15) is 24.5 Å². The maximum atomic E-state index is 10.4. The Balaban J connectivity index is 2.22. The predicted octanol–water partition coefficient (Wildman–Crippen LogP) is 1.50. The summed E-state index contributed by atoms with van der Waals surface area (Å²) in [5.74, 6) is 0. The van der Waals surface area contributed by atoms with Crippen LogP contribution in [0.3, 0.4) is 0 Å². The third kappa shape index (κ3) is 1.47. The highest BCUT2D eigenvalue weighted by Crippen LogP contribution is 2.33. The number of β-amino-alcohol motifs (C(OH)–C–C–N with tert-alkyl or cyclic N) is 1. The first-order valence-electron chi connectivity index (χ1n) is 5.14. The molecule has 2 heterocycles. The molecule has 0 aliphatic carbocycles. The summed E-state index contributed by atoms with van der Waals surface area (Å²) >= 11 is 0. The van der Waals surface area contributed by atoms with Gasteiger partial charge in [0.1, 0.15) is 5.60 Å². The van der Waals surface area contributed by atoms with Crippen molar-refractivity contribution in [1.82, 2.24) is 4.90 Å². The number of hydrogen-bond acceptors (Lipinski definition) is 3. The molecule has 1 saturated heterocycles. The molecule has 0 bridgehead atoms. The number of aryl methyl sites for hydroxylation is 1. The second kappa shape index (κ2) is 3.41. The summed E-state index contributed by atoms with van der Waals surface area (Å²) in [6.45, 7) is 6.79. The van der Waals surface area contributed by atoms with Gasteiger partial charge in [-0.2, -0.15) is 0 Å². The van der Waals surface area contributed by atoms with Gasteiger partial charge in [-0.3, -0.25) is 0 Å². The fourth-order valence-electron chi connectivity index (χ4n) is 2.20. The molecule has 0 spiro atoms. The van der Waals surface area contributed by atoms with Crippen LogP contribution < -0.4 is 0 Å². The van der Waals surface area contributed by atoms with Crippen molar-refractivity contribution in [3.05, 3.63) is 23.7 Å². The molecule has 1 fully saturated rings. The fraction of sp³-hybridized carbons (Fsp3) is 0.636. The van der Waals surface area contributed by atoms with Crippen LogP contribution in [0.5, 0.6) is 0 Å². The number of aliphatic hydroxyl groups is 1. The highest BCUT2D eigenvalue weighted by atomic mass is 16.3. The molecular weight excluding hydrogens is 178 g/mol. The minimum absolute atomic E-state index is 0.687. The predicted molar refractivity (Wildman–Crippen MR) is 54.1 cm³/mol. The number of hydrogen-bond donors (Lipinski definition) is 1. The SMILES string of the molecule is CCN1CCC(O)(c2cocc2C)C1. The number of nitrogens with zero attached hydrogens (tertiary/aromatic N) is 1. The molecule has 0 amide bonds. The Labute approximate surface area is 84.3 Å². The molecule has 0 aromatic carbocycles. The van der Waals surface area contributed by atoms with Crippen molar-refractivity contribution in [3.8, 4) is 0 Å². The molecule has 1 aromatic rings. The molecule has 14 heavy (non-hydrogen) atoms. The molecule has 1 unspecified atom stereocenters. The first-order valence-corrected chi connectivity index (χ1v) is 5.14. The smallest absolute Gasteiger partial charge is 0.107 e. The zero-order valence-electron chi connectivity index (χ0n) is 8.79. The molecule has 1 N–H and O–H groups in total. The van der Waals surface area contributed by atoms with E-state index in [1.54, 1.807) is 12.5 Å². The summed E-state index contributed by atoms with van der Waals surface area (Å²) in [5, 5.41) is 10.4. The largest absolute Gasteiger partial charge is 0.472 e. The molecule has 3 heteroatoms. The van der Waals surface area contributed by atoms with E-state index in [1.807, 2.05) is 6.92 Å². The zero-order chi connectivity index (χ0) is 10.2. The highest BCUT2D eigenvalue weighted by Gasteiger charge is 2.38. The summed E-state index contributed by atoms with van der Waals surface area (Å²) < 4.78 is 5.11. The van der Waals surface area contributed by atoms with E-state index in [9.17, 15) is 5.11 Å². The van der Waals surface area contributed by atoms with Crippen LogP contribution in [0, 0.1) is 6.92 Å². The Morgan fingerprint density at radius 3 is 2.86 bits per heavy atom. The summed E-state index contributed by atoms with van der Waals surface area (Å²) in [6, 6.07) is 0. The van der Waals surface area contributed by atoms with Crippen molar-refractivity contribution < 1.29 is 9.52 Å². The maximum absolute atomic E-state index is 10.4. The minimum Gasteiger partial charge on any atom is -0.472 e. The molecule has 1 aliphatic rings. The van der Waals surface area contributed by atoms with Gasteiger partial charge in [-0.1, -0.05) is 6.92 Å². The maximum Gasteiger partial charge on any atom is 0.107 e. The molecule has 3 nitrogen and oxygen atoms in total. The van der Waals surface area contributed by atoms with E-state index >= 15 is 0 Å². The van der Waals surface area contributed by atoms with Gasteiger partial charge in [0.25, 0.3) is 0 Å². The lowest BCUT2D eigenvalue weighted by Gasteiger charge is -2.22. The van der Waals surface area contributed by atoms with Crippen LogP contribution in [0.4, 0.5) is 0 Å². The van der Waals surface area contributed by atoms with E-state index in [4.69, 9.17) is 4.42 Å². The molecule has 1 atom stereocenters. The lowest BCUT2D eigenvalue weighted by molar-refractivity contribution is 0.0456. The molecule has 0 saturated carbocycles. The van der Waals surface area contributed by atoms with Gasteiger partial charge in [-0.05, 0) is 25.5 Å². The van der Waals surface area contributed by atoms with E-state index in [2.05, 4.69) is 11.8 Å². The van der Waals surface area contributed by atoms with Crippen molar-refractivity contribution in [1.29, 1.82) is 0 Å². The molecular formula is C11H17NO2. The second-order valence-corrected chi connectivity index (χ2v) is 4.12. The van der Waals surface area contributed by atoms with Gasteiger partial charge >= 0.3 is 0 Å². The van der Waals surface area contributed by atoms with Crippen LogP contribution in [-0.4, -0.2) is 29.6 Å². The summed E-state index contributed by atoms with van der Waals surface area (Å²) in [6.07, 6.45) is 4.18. The van der Waals surface area contributed by atoms with Crippen molar-refractivity contribution in [2.45, 2.75) is 25.9 Å². The van der Waals surface area contributed by atoms with E-state index in [0.29, 0.717) is 0 Å². The quantitative estimate of drug-likeness (QED) is 0.777. The van der Waals surface area contributed by atoms with Crippen LogP contribution in [-0.2, 0) is 5.60 Å². The van der Waals surface area contributed by atoms with Gasteiger partial charge in [0.05, 0.1) is 12.5 Å². The van der Waals surface area contributed by atoms with Gasteiger partial charge in [0.2, 0.25) is 0 Å². The summed E-state index contributed by atoms with van der Waals surface area (Å²) in [5.41, 5.74) is 1.31. The zero-order valence-corrected chi connectivity index (χ0v) is 8.79. The average molecular weight is 195 g/mol. The van der Waals surface area contributed by atoms with Gasteiger partial charge < -0.3 is 14.4 Å². The second-order valence-electron chi connectivity index (χ2n) is 4.12. The van der Waals surface area contributed by atoms with Gasteiger partial charge in [-0.25, -0.2) is 0 Å². The van der Waals surface area contributed by atoms with Crippen LogP contribution in [0.2, 0.25) is 0 Å². The molecule has 2 rings (SSSR count). The highest BCUT2D eigenvalue weighted by molar-refractivity contribution is 5.27. The lowest BCUT2D eigenvalue weighted by atomic mass is 9.93. The number of likely N-dealkylation sites (tertiary alicyclic amines) is 1. The average Bonchev–Trinajstić information content (AvgIpc) is 2.73. The van der Waals surface area contributed by atoms with Crippen molar-refractivity contribution in [2.24, 2.45) is 0 Å². The van der Waals surface area contributed by atoms with Gasteiger partial charge in [-0.15, -0.1) is 0 Å². The first-order chi connectivity index (χ1) is 6.65. The summed E-state index contributed by atoms with van der Waals surface area (Å²) in [4.78, 5) is 2.26. The lowest BCUT2D eigenvalue weighted by Crippen LogP contribution is -2.30. The molecule has 78 valence electrons. The first kappa shape index (κ1) is 9.74. The van der Waals surface area contributed by atoms with Gasteiger partial charge in [0, 0.05) is 18.7 Å². The standard InChI is InChI=1S/C11H17NO2/c1-3-12-5-4-11(13,8-12)10-7-14-6-9(10)2/h6-7,13H,3-5,8H2,1-2H3. The Bertz CT molecular complexity index is 321. The van der Waals surface area contributed by atoms with E-state index in [0.717, 1.165) is 37.2 Å². The molecule has 1 aliphatic heterocycles. The van der Waals surface area contributed by atoms with Crippen molar-refractivity contribution in [2.75, 3.05) is 19.6 Å². The van der Waals surface area contributed by atoms with Gasteiger partial charge in [0.15, 0.2) is 0 Å². The number of rotatable bonds is 2. The van der Waals surface area contributed by atoms with Crippen molar-refractivity contribution >= 4 is 0 Å². The van der Waals surface area contributed by atoms with E-state index < -0.39 is 5.60 Å². The summed E-state index contributed by atoms with van der Waals surface area (Å²) in [7, 11) is 0. The minimum atomic E-state index is -0.687. The Morgan fingerprint density at radius 2 is 2.36 bits per heavy atom. The van der Waals surface area contributed by atoms with Crippen LogP contribution >= 0.6 is 0 Å². The normalized spacial score (nSPS) is 28.5. The van der Waals surface area contributed by atoms with Crippen LogP contribution in [0.25, 0.3) is 0 Å². The number of furan rings is 1. The van der Waals surface area contributed by atoms with E-state index in [-0.39, 0.29) is 0 Å². The monoisotopic (exact) mass is 195 g/mol. The van der Waals surface area contributed by atoms with Crippen molar-refractivity contribution in [3.63, 3.8) is 0 Å². The third-order valence-corrected chi connectivity index (χ3v) is 3.13. The third-order valence-electron chi connectivity index (χ3n) is 3.13. The molecule has 1 aromatic heterocycles. The van der Waals surface area contributed by atoms with Crippen LogP contribution in [0.15, 0.2) is 16.9 Å². The Hall–Kier alpha value is -0.800. The fourth-order valence-corrected chi connectivity index (χ4v) is 2.20.